The van der Waals surface area contributed by atoms with Gasteiger partial charge in [0.1, 0.15) is 0 Å². The van der Waals surface area contributed by atoms with E-state index in [0.717, 1.165) is 0 Å². The molecule has 5 heavy (non-hydrogen) atoms. The summed E-state index contributed by atoms with van der Waals surface area (Å²) in [7, 11) is 0. The smallest absolute Gasteiger partial charge is 2.00 e. The SMILES string of the molecule is [Co+2].[O-2].[O-2].[O-2].[Zr+4]. The van der Waals surface area contributed by atoms with E-state index in [1.54, 1.807) is 0 Å². The predicted molar refractivity (Wildman–Crippen MR) is 2.06 cm³/mol. The molecule has 0 bridgehead atoms. The van der Waals surface area contributed by atoms with Gasteiger partial charge in [-0.25, -0.2) is 0 Å². The van der Waals surface area contributed by atoms with Crippen LogP contribution in [0.3, 0.4) is 0 Å². The maximum Gasteiger partial charge on any atom is 4.00 e. The van der Waals surface area contributed by atoms with E-state index in [-0.39, 0.29) is 59.4 Å². The molecule has 0 fully saturated rings. The van der Waals surface area contributed by atoms with E-state index in [2.05, 4.69) is 0 Å². The molecule has 0 aromatic carbocycles. The van der Waals surface area contributed by atoms with Crippen molar-refractivity contribution in [2.75, 3.05) is 0 Å². The molecule has 0 aromatic heterocycles. The summed E-state index contributed by atoms with van der Waals surface area (Å²) in [5.41, 5.74) is 0. The van der Waals surface area contributed by atoms with Gasteiger partial charge in [0.25, 0.3) is 0 Å². The van der Waals surface area contributed by atoms with Crippen molar-refractivity contribution < 1.29 is 59.4 Å². The number of rotatable bonds is 0. The fourth-order valence-electron chi connectivity index (χ4n) is 0. The van der Waals surface area contributed by atoms with Crippen molar-refractivity contribution in [2.45, 2.75) is 0 Å². The molecule has 0 saturated carbocycles. The van der Waals surface area contributed by atoms with Gasteiger partial charge in [-0.05, 0) is 0 Å². The number of hydrogen-bond acceptors (Lipinski definition) is 0. The zero-order valence-electron chi connectivity index (χ0n) is 2.06. The minimum atomic E-state index is 0. The summed E-state index contributed by atoms with van der Waals surface area (Å²) in [4.78, 5) is 0. The minimum absolute atomic E-state index is 0. The molecule has 0 aliphatic carbocycles. The Bertz CT molecular complexity index is 6.85. The van der Waals surface area contributed by atoms with Gasteiger partial charge in [0.2, 0.25) is 0 Å². The molecule has 0 amide bonds. The molecule has 0 rings (SSSR count). The first-order valence-corrected chi connectivity index (χ1v) is 0. The van der Waals surface area contributed by atoms with E-state index in [1.165, 1.54) is 0 Å². The average Bonchev–Trinajstić information content (AvgIpc) is 0. The van der Waals surface area contributed by atoms with Crippen LogP contribution in [0, 0.1) is 0 Å². The second kappa shape index (κ2) is 59.6. The van der Waals surface area contributed by atoms with E-state index >= 15 is 0 Å². The fourth-order valence-corrected chi connectivity index (χ4v) is 0. The first kappa shape index (κ1) is 108. The van der Waals surface area contributed by atoms with Crippen LogP contribution in [0.2, 0.25) is 0 Å². The Morgan fingerprint density at radius 2 is 0.600 bits per heavy atom. The summed E-state index contributed by atoms with van der Waals surface area (Å²) in [6, 6.07) is 0. The van der Waals surface area contributed by atoms with Crippen LogP contribution in [0.1, 0.15) is 0 Å². The molecule has 0 aliphatic rings. The van der Waals surface area contributed by atoms with E-state index in [1.807, 2.05) is 0 Å². The maximum absolute atomic E-state index is 0. The molecule has 0 spiro atoms. The minimum Gasteiger partial charge on any atom is -2.00 e. The van der Waals surface area contributed by atoms with E-state index in [0.29, 0.717) is 0 Å². The second-order valence-electron chi connectivity index (χ2n) is 0. The molecule has 3 nitrogen and oxygen atoms in total. The molecule has 0 N–H and O–H groups in total. The van der Waals surface area contributed by atoms with Gasteiger partial charge >= 0.3 is 43.0 Å². The standard InChI is InChI=1S/Co.3O.Zr/q+2;3*-2;+4. The zero-order valence-corrected chi connectivity index (χ0v) is 5.56. The first-order valence-electron chi connectivity index (χ1n) is 0. The Kier molecular flexibility index (Phi) is 1290. The zero-order chi connectivity index (χ0) is 0. The third-order valence-electron chi connectivity index (χ3n) is 0. The van der Waals surface area contributed by atoms with Gasteiger partial charge in [-0.3, -0.25) is 0 Å². The molecule has 0 aliphatic heterocycles. The van der Waals surface area contributed by atoms with Crippen LogP contribution in [0.4, 0.5) is 0 Å². The predicted octanol–water partition coefficient (Wildman–Crippen LogP) is -0.361. The molecule has 0 atom stereocenters. The number of hydrogen-bond donors (Lipinski definition) is 0. The quantitative estimate of drug-likeness (QED) is 0.509. The monoisotopic (exact) mass is 197 g/mol. The summed E-state index contributed by atoms with van der Waals surface area (Å²) in [5, 5.41) is 0. The van der Waals surface area contributed by atoms with Crippen LogP contribution in [-0.2, 0) is 59.4 Å². The van der Waals surface area contributed by atoms with Crippen molar-refractivity contribution in [3.8, 4) is 0 Å². The Labute approximate surface area is 59.4 Å². The van der Waals surface area contributed by atoms with Crippen LogP contribution in [0.5, 0.6) is 0 Å². The van der Waals surface area contributed by atoms with Crippen LogP contribution in [0.15, 0.2) is 0 Å². The summed E-state index contributed by atoms with van der Waals surface area (Å²) < 4.78 is 0. The fraction of sp³-hybridized carbons (Fsp3) is 0. The summed E-state index contributed by atoms with van der Waals surface area (Å²) in [5.74, 6) is 0. The summed E-state index contributed by atoms with van der Waals surface area (Å²) >= 11 is 0. The van der Waals surface area contributed by atoms with Crippen molar-refractivity contribution in [2.24, 2.45) is 0 Å². The topological polar surface area (TPSA) is 85.5 Å². The molecule has 0 heterocycles. The van der Waals surface area contributed by atoms with E-state index in [9.17, 15) is 0 Å². The van der Waals surface area contributed by atoms with Crippen molar-refractivity contribution in [1.82, 2.24) is 0 Å². The third kappa shape index (κ3) is 34.9. The Morgan fingerprint density at radius 3 is 0.600 bits per heavy atom. The Balaban J connectivity index is 0. The van der Waals surface area contributed by atoms with Crippen LogP contribution < -0.4 is 0 Å². The van der Waals surface area contributed by atoms with Crippen molar-refractivity contribution in [3.05, 3.63) is 0 Å². The molecule has 5 heteroatoms. The van der Waals surface area contributed by atoms with Crippen LogP contribution in [0.25, 0.3) is 0 Å². The molecule has 0 unspecified atom stereocenters. The molecular weight excluding hydrogens is 198 g/mol. The van der Waals surface area contributed by atoms with Crippen molar-refractivity contribution in [1.29, 1.82) is 0 Å². The third-order valence-corrected chi connectivity index (χ3v) is 0. The van der Waals surface area contributed by atoms with E-state index < -0.39 is 0 Å². The molecular formula is CoO3Zr. The molecule has 1 radical (unpaired) electrons. The summed E-state index contributed by atoms with van der Waals surface area (Å²) in [6.07, 6.45) is 0. The van der Waals surface area contributed by atoms with Gasteiger partial charge in [-0.1, -0.05) is 0 Å². The maximum atomic E-state index is 0. The van der Waals surface area contributed by atoms with Gasteiger partial charge in [-0.2, -0.15) is 0 Å². The molecule has 0 saturated heterocycles. The largest absolute Gasteiger partial charge is 4.00 e. The van der Waals surface area contributed by atoms with E-state index in [4.69, 9.17) is 0 Å². The van der Waals surface area contributed by atoms with Gasteiger partial charge < -0.3 is 16.4 Å². The van der Waals surface area contributed by atoms with Gasteiger partial charge in [-0.15, -0.1) is 0 Å². The van der Waals surface area contributed by atoms with Crippen molar-refractivity contribution in [3.63, 3.8) is 0 Å². The van der Waals surface area contributed by atoms with Crippen molar-refractivity contribution >= 4 is 0 Å². The summed E-state index contributed by atoms with van der Waals surface area (Å²) in [6.45, 7) is 0. The molecule has 0 aromatic rings. The Hall–Kier alpha value is 1.27. The second-order valence-corrected chi connectivity index (χ2v) is 0. The Morgan fingerprint density at radius 1 is 0.600 bits per heavy atom. The first-order chi connectivity index (χ1) is 0. The average molecular weight is 198 g/mol. The van der Waals surface area contributed by atoms with Gasteiger partial charge in [0, 0.05) is 0 Å². The van der Waals surface area contributed by atoms with Crippen LogP contribution in [-0.4, -0.2) is 0 Å². The normalized spacial score (nSPS) is 0. The van der Waals surface area contributed by atoms with Gasteiger partial charge in [0.15, 0.2) is 0 Å². The van der Waals surface area contributed by atoms with Crippen LogP contribution >= 0.6 is 0 Å². The molecule has 31 valence electrons. The van der Waals surface area contributed by atoms with Gasteiger partial charge in [0.05, 0.1) is 0 Å².